The Kier molecular flexibility index (Phi) is 1.92. The first kappa shape index (κ1) is 9.00. The highest BCUT2D eigenvalue weighted by atomic mass is 16.5. The van der Waals surface area contributed by atoms with E-state index in [9.17, 15) is 4.79 Å². The molecule has 0 amide bonds. The SMILES string of the molecule is C=C1OC(=O)CC1(C)c1ccccc1. The van der Waals surface area contributed by atoms with Gasteiger partial charge in [0.25, 0.3) is 0 Å². The quantitative estimate of drug-likeness (QED) is 0.632. The van der Waals surface area contributed by atoms with Crippen LogP contribution in [0, 0.1) is 0 Å². The van der Waals surface area contributed by atoms with Gasteiger partial charge in [-0.1, -0.05) is 36.9 Å². The van der Waals surface area contributed by atoms with Crippen LogP contribution in [0.1, 0.15) is 18.9 Å². The molecule has 0 aromatic heterocycles. The summed E-state index contributed by atoms with van der Waals surface area (Å²) in [5.74, 6) is 0.357. The topological polar surface area (TPSA) is 26.3 Å². The summed E-state index contributed by atoms with van der Waals surface area (Å²) < 4.78 is 5.00. The smallest absolute Gasteiger partial charge is 0.312 e. The van der Waals surface area contributed by atoms with Crippen molar-refractivity contribution >= 4 is 5.97 Å². The van der Waals surface area contributed by atoms with Crippen molar-refractivity contribution in [1.29, 1.82) is 0 Å². The standard InChI is InChI=1S/C12H12O2/c1-9-12(2,8-11(13)14-9)10-6-4-3-5-7-10/h3-7H,1,8H2,2H3. The third kappa shape index (κ3) is 1.23. The highest BCUT2D eigenvalue weighted by Crippen LogP contribution is 2.40. The second-order valence-electron chi connectivity index (χ2n) is 3.77. The van der Waals surface area contributed by atoms with Crippen LogP contribution in [-0.2, 0) is 14.9 Å². The Bertz CT molecular complexity index is 381. The largest absolute Gasteiger partial charge is 0.431 e. The van der Waals surface area contributed by atoms with Crippen molar-refractivity contribution < 1.29 is 9.53 Å². The van der Waals surface area contributed by atoms with Crippen molar-refractivity contribution in [2.75, 3.05) is 0 Å². The highest BCUT2D eigenvalue weighted by Gasteiger charge is 2.41. The summed E-state index contributed by atoms with van der Waals surface area (Å²) in [5.41, 5.74) is 0.731. The van der Waals surface area contributed by atoms with Crippen molar-refractivity contribution in [3.05, 3.63) is 48.2 Å². The predicted octanol–water partition coefficient (Wildman–Crippen LogP) is 2.40. The molecule has 1 saturated heterocycles. The number of ether oxygens (including phenoxy) is 1. The summed E-state index contributed by atoms with van der Waals surface area (Å²) in [7, 11) is 0. The van der Waals surface area contributed by atoms with E-state index in [2.05, 4.69) is 6.58 Å². The van der Waals surface area contributed by atoms with Gasteiger partial charge >= 0.3 is 5.97 Å². The minimum Gasteiger partial charge on any atom is -0.431 e. The fraction of sp³-hybridized carbons (Fsp3) is 0.250. The fourth-order valence-corrected chi connectivity index (χ4v) is 1.74. The summed E-state index contributed by atoms with van der Waals surface area (Å²) in [6.07, 6.45) is 0.385. The average Bonchev–Trinajstić information content (AvgIpc) is 2.43. The Morgan fingerprint density at radius 1 is 1.36 bits per heavy atom. The van der Waals surface area contributed by atoms with Gasteiger partial charge in [-0.05, 0) is 12.5 Å². The summed E-state index contributed by atoms with van der Waals surface area (Å²) in [6, 6.07) is 9.85. The Hall–Kier alpha value is -1.57. The molecule has 1 unspecified atom stereocenters. The van der Waals surface area contributed by atoms with E-state index in [4.69, 9.17) is 4.74 Å². The zero-order valence-corrected chi connectivity index (χ0v) is 8.12. The number of rotatable bonds is 1. The van der Waals surface area contributed by atoms with E-state index in [0.29, 0.717) is 12.2 Å². The van der Waals surface area contributed by atoms with E-state index in [1.165, 1.54) is 0 Å². The van der Waals surface area contributed by atoms with Gasteiger partial charge in [-0.25, -0.2) is 0 Å². The molecule has 1 fully saturated rings. The first-order valence-corrected chi connectivity index (χ1v) is 4.58. The van der Waals surface area contributed by atoms with Crippen LogP contribution in [0.25, 0.3) is 0 Å². The third-order valence-electron chi connectivity index (χ3n) is 2.76. The molecule has 1 aromatic rings. The van der Waals surface area contributed by atoms with Crippen molar-refractivity contribution in [3.8, 4) is 0 Å². The Morgan fingerprint density at radius 2 is 2.00 bits per heavy atom. The van der Waals surface area contributed by atoms with E-state index in [-0.39, 0.29) is 11.4 Å². The lowest BCUT2D eigenvalue weighted by molar-refractivity contribution is -0.135. The van der Waals surface area contributed by atoms with E-state index < -0.39 is 0 Å². The number of allylic oxidation sites excluding steroid dienone is 1. The summed E-state index contributed by atoms with van der Waals surface area (Å²) in [5, 5.41) is 0. The molecule has 1 aliphatic rings. The molecule has 72 valence electrons. The van der Waals surface area contributed by atoms with Gasteiger partial charge in [-0.3, -0.25) is 4.79 Å². The molecule has 0 aliphatic carbocycles. The molecule has 1 heterocycles. The number of hydrogen-bond donors (Lipinski definition) is 0. The number of benzene rings is 1. The maximum atomic E-state index is 11.2. The van der Waals surface area contributed by atoms with Crippen molar-refractivity contribution in [3.63, 3.8) is 0 Å². The van der Waals surface area contributed by atoms with Crippen LogP contribution in [0.2, 0.25) is 0 Å². The molecule has 1 atom stereocenters. The van der Waals surface area contributed by atoms with E-state index in [1.54, 1.807) is 0 Å². The molecule has 0 radical (unpaired) electrons. The molecular formula is C12H12O2. The highest BCUT2D eigenvalue weighted by molar-refractivity contribution is 5.77. The fourth-order valence-electron chi connectivity index (χ4n) is 1.74. The lowest BCUT2D eigenvalue weighted by atomic mass is 9.80. The van der Waals surface area contributed by atoms with Gasteiger partial charge in [0, 0.05) is 0 Å². The molecule has 0 N–H and O–H groups in total. The van der Waals surface area contributed by atoms with Gasteiger partial charge in [0.2, 0.25) is 0 Å². The molecule has 0 spiro atoms. The van der Waals surface area contributed by atoms with Gasteiger partial charge < -0.3 is 4.74 Å². The maximum Gasteiger partial charge on any atom is 0.312 e. The number of hydrogen-bond acceptors (Lipinski definition) is 2. The molecule has 2 rings (SSSR count). The second-order valence-corrected chi connectivity index (χ2v) is 3.77. The molecule has 1 aliphatic heterocycles. The minimum absolute atomic E-state index is 0.193. The van der Waals surface area contributed by atoms with Crippen LogP contribution in [0.15, 0.2) is 42.7 Å². The number of cyclic esters (lactones) is 1. The van der Waals surface area contributed by atoms with Crippen LogP contribution < -0.4 is 0 Å². The van der Waals surface area contributed by atoms with E-state index >= 15 is 0 Å². The Balaban J connectivity index is 2.43. The van der Waals surface area contributed by atoms with Crippen molar-refractivity contribution in [2.45, 2.75) is 18.8 Å². The molecule has 0 bridgehead atoms. The first-order chi connectivity index (χ1) is 6.63. The van der Waals surface area contributed by atoms with E-state index in [0.717, 1.165) is 5.56 Å². The summed E-state index contributed by atoms with van der Waals surface area (Å²) in [4.78, 5) is 11.2. The third-order valence-corrected chi connectivity index (χ3v) is 2.76. The van der Waals surface area contributed by atoms with Crippen LogP contribution in [0.4, 0.5) is 0 Å². The summed E-state index contributed by atoms with van der Waals surface area (Å²) in [6.45, 7) is 5.77. The normalized spacial score (nSPS) is 26.4. The molecular weight excluding hydrogens is 176 g/mol. The van der Waals surface area contributed by atoms with Gasteiger partial charge in [0.1, 0.15) is 5.76 Å². The Morgan fingerprint density at radius 3 is 2.50 bits per heavy atom. The van der Waals surface area contributed by atoms with Gasteiger partial charge in [0.15, 0.2) is 0 Å². The van der Waals surface area contributed by atoms with Crippen LogP contribution in [0.3, 0.4) is 0 Å². The lowest BCUT2D eigenvalue weighted by Gasteiger charge is -2.21. The predicted molar refractivity (Wildman–Crippen MR) is 53.6 cm³/mol. The molecule has 0 saturated carbocycles. The molecule has 1 aromatic carbocycles. The van der Waals surface area contributed by atoms with Gasteiger partial charge in [-0.15, -0.1) is 0 Å². The van der Waals surface area contributed by atoms with Crippen molar-refractivity contribution in [2.24, 2.45) is 0 Å². The molecule has 2 heteroatoms. The minimum atomic E-state index is -0.349. The molecule has 2 nitrogen and oxygen atoms in total. The molecule has 14 heavy (non-hydrogen) atoms. The number of carbonyl (C=O) groups is 1. The Labute approximate surface area is 83.2 Å². The van der Waals surface area contributed by atoms with Gasteiger partial charge in [0.05, 0.1) is 11.8 Å². The van der Waals surface area contributed by atoms with Crippen molar-refractivity contribution in [1.82, 2.24) is 0 Å². The van der Waals surface area contributed by atoms with Crippen LogP contribution >= 0.6 is 0 Å². The zero-order valence-electron chi connectivity index (χ0n) is 8.12. The monoisotopic (exact) mass is 188 g/mol. The second kappa shape index (κ2) is 2.98. The number of esters is 1. The van der Waals surface area contributed by atoms with E-state index in [1.807, 2.05) is 37.3 Å². The van der Waals surface area contributed by atoms with Gasteiger partial charge in [-0.2, -0.15) is 0 Å². The maximum absolute atomic E-state index is 11.2. The lowest BCUT2D eigenvalue weighted by Crippen LogP contribution is -2.19. The number of carbonyl (C=O) groups excluding carboxylic acids is 1. The first-order valence-electron chi connectivity index (χ1n) is 4.58. The zero-order chi connectivity index (χ0) is 10.2. The average molecular weight is 188 g/mol. The van der Waals surface area contributed by atoms with Crippen LogP contribution in [-0.4, -0.2) is 5.97 Å². The van der Waals surface area contributed by atoms with Crippen LogP contribution in [0.5, 0.6) is 0 Å². The summed E-state index contributed by atoms with van der Waals surface area (Å²) >= 11 is 0.